The van der Waals surface area contributed by atoms with E-state index in [1.54, 1.807) is 18.6 Å². The molecule has 1 aliphatic heterocycles. The third-order valence-corrected chi connectivity index (χ3v) is 7.38. The average Bonchev–Trinajstić information content (AvgIpc) is 3.22. The van der Waals surface area contributed by atoms with E-state index in [1.165, 1.54) is 0 Å². The van der Waals surface area contributed by atoms with Gasteiger partial charge >= 0.3 is 5.97 Å². The van der Waals surface area contributed by atoms with Gasteiger partial charge in [0.05, 0.1) is 0 Å². The molecule has 0 spiro atoms. The first kappa shape index (κ1) is 25.4. The molecule has 0 amide bonds. The number of benzene rings is 1. The second-order valence-corrected chi connectivity index (χ2v) is 9.76. The normalized spacial score (nSPS) is 15.7. The van der Waals surface area contributed by atoms with Crippen LogP contribution < -0.4 is 26.4 Å². The van der Waals surface area contributed by atoms with E-state index in [2.05, 4.69) is 20.6 Å². The van der Waals surface area contributed by atoms with Crippen molar-refractivity contribution >= 4 is 39.6 Å². The fraction of sp³-hybridized carbons (Fsp3) is 0.345. The molecule has 1 fully saturated rings. The summed E-state index contributed by atoms with van der Waals surface area (Å²) < 4.78 is 0. The smallest absolute Gasteiger partial charge is 0.326 e. The molecule has 9 nitrogen and oxygen atoms in total. The first-order valence-electron chi connectivity index (χ1n) is 13.1. The van der Waals surface area contributed by atoms with Crippen LogP contribution in [0.5, 0.6) is 0 Å². The van der Waals surface area contributed by atoms with Crippen molar-refractivity contribution in [2.24, 2.45) is 0 Å². The molecule has 2 aromatic heterocycles. The van der Waals surface area contributed by atoms with Gasteiger partial charge in [0.15, 0.2) is 0 Å². The first-order chi connectivity index (χ1) is 18.5. The third kappa shape index (κ3) is 4.96. The number of hydrogen-bond acceptors (Lipinski definition) is 8. The Hall–Kier alpha value is -4.27. The second-order valence-electron chi connectivity index (χ2n) is 9.76. The van der Waals surface area contributed by atoms with Gasteiger partial charge in [-0.05, 0) is 54.5 Å². The SMILES string of the molecule is CCC(c1ccc(Nc2nccc3ccncc23)cc1)C(Nc1c(N2CCCCCC2)c(=O)c1=O)C(=O)O. The summed E-state index contributed by atoms with van der Waals surface area (Å²) in [5.74, 6) is -0.800. The Balaban J connectivity index is 1.37. The summed E-state index contributed by atoms with van der Waals surface area (Å²) in [6.45, 7) is 3.31. The molecule has 2 unspecified atom stereocenters. The lowest BCUT2D eigenvalue weighted by atomic mass is 9.88. The van der Waals surface area contributed by atoms with Crippen molar-refractivity contribution in [3.63, 3.8) is 0 Å². The zero-order valence-electron chi connectivity index (χ0n) is 21.3. The molecule has 3 heterocycles. The van der Waals surface area contributed by atoms with Gasteiger partial charge in [0.1, 0.15) is 23.2 Å². The van der Waals surface area contributed by atoms with Crippen molar-refractivity contribution in [3.8, 4) is 0 Å². The number of rotatable bonds is 9. The molecule has 3 N–H and O–H groups in total. The molecular weight excluding hydrogens is 482 g/mol. The highest BCUT2D eigenvalue weighted by Crippen LogP contribution is 2.31. The monoisotopic (exact) mass is 513 g/mol. The number of carboxylic acids is 1. The Morgan fingerprint density at radius 3 is 2.39 bits per heavy atom. The van der Waals surface area contributed by atoms with Crippen LogP contribution in [0.4, 0.5) is 22.9 Å². The van der Waals surface area contributed by atoms with Gasteiger partial charge in [0.2, 0.25) is 0 Å². The fourth-order valence-electron chi connectivity index (χ4n) is 5.32. The fourth-order valence-corrected chi connectivity index (χ4v) is 5.32. The highest BCUT2D eigenvalue weighted by atomic mass is 16.4. The van der Waals surface area contributed by atoms with Crippen LogP contribution in [0.25, 0.3) is 10.8 Å². The number of nitrogens with zero attached hydrogens (tertiary/aromatic N) is 3. The summed E-state index contributed by atoms with van der Waals surface area (Å²) >= 11 is 0. The minimum atomic E-state index is -1.07. The molecule has 5 rings (SSSR count). The predicted octanol–water partition coefficient (Wildman–Crippen LogP) is 4.41. The quantitative estimate of drug-likeness (QED) is 0.279. The maximum absolute atomic E-state index is 12.5. The van der Waals surface area contributed by atoms with Crippen LogP contribution >= 0.6 is 0 Å². The number of nitrogens with one attached hydrogen (secondary N) is 2. The summed E-state index contributed by atoms with van der Waals surface area (Å²) in [5.41, 5.74) is 0.936. The molecule has 0 radical (unpaired) electrons. The predicted molar refractivity (Wildman–Crippen MR) is 149 cm³/mol. The van der Waals surface area contributed by atoms with Crippen LogP contribution in [-0.2, 0) is 4.79 Å². The van der Waals surface area contributed by atoms with Crippen LogP contribution in [-0.4, -0.2) is 40.2 Å². The van der Waals surface area contributed by atoms with E-state index < -0.39 is 28.8 Å². The van der Waals surface area contributed by atoms with Crippen LogP contribution in [0.15, 0.2) is 64.6 Å². The van der Waals surface area contributed by atoms with Crippen LogP contribution in [0.1, 0.15) is 50.5 Å². The Morgan fingerprint density at radius 1 is 1.00 bits per heavy atom. The van der Waals surface area contributed by atoms with Gasteiger partial charge in [0.25, 0.3) is 10.9 Å². The Morgan fingerprint density at radius 2 is 1.71 bits per heavy atom. The van der Waals surface area contributed by atoms with Crippen LogP contribution in [0.3, 0.4) is 0 Å². The van der Waals surface area contributed by atoms with Gasteiger partial charge in [-0.2, -0.15) is 0 Å². The second kappa shape index (κ2) is 11.0. The number of hydrogen-bond donors (Lipinski definition) is 3. The molecule has 1 saturated heterocycles. The minimum absolute atomic E-state index is 0.136. The summed E-state index contributed by atoms with van der Waals surface area (Å²) in [4.78, 5) is 47.9. The van der Waals surface area contributed by atoms with Gasteiger partial charge < -0.3 is 20.6 Å². The molecule has 0 saturated carbocycles. The molecule has 196 valence electrons. The number of fused-ring (bicyclic) bond motifs is 1. The van der Waals surface area contributed by atoms with Crippen molar-refractivity contribution in [2.45, 2.75) is 51.0 Å². The Kier molecular flexibility index (Phi) is 7.35. The number of aromatic nitrogens is 2. The van der Waals surface area contributed by atoms with Gasteiger partial charge in [0, 0.05) is 48.7 Å². The summed E-state index contributed by atoms with van der Waals surface area (Å²) in [6, 6.07) is 10.3. The van der Waals surface area contributed by atoms with Crippen molar-refractivity contribution in [1.82, 2.24) is 9.97 Å². The molecule has 1 aliphatic rings. The van der Waals surface area contributed by atoms with Crippen molar-refractivity contribution < 1.29 is 9.90 Å². The van der Waals surface area contributed by atoms with Gasteiger partial charge in [-0.3, -0.25) is 14.6 Å². The molecule has 4 aromatic rings. The number of aliphatic carboxylic acids is 1. The van der Waals surface area contributed by atoms with Crippen molar-refractivity contribution in [2.75, 3.05) is 28.6 Å². The van der Waals surface area contributed by atoms with E-state index in [-0.39, 0.29) is 5.69 Å². The molecular formula is C29H31N5O4. The zero-order valence-corrected chi connectivity index (χ0v) is 21.3. The molecule has 2 atom stereocenters. The maximum Gasteiger partial charge on any atom is 0.326 e. The molecule has 0 aliphatic carbocycles. The summed E-state index contributed by atoms with van der Waals surface area (Å²) in [7, 11) is 0. The molecule has 2 aromatic carbocycles. The van der Waals surface area contributed by atoms with Gasteiger partial charge in [-0.1, -0.05) is 31.9 Å². The number of carboxylic acid groups (broad SMARTS) is 1. The number of pyridine rings is 2. The number of anilines is 4. The van der Waals surface area contributed by atoms with E-state index in [0.717, 1.165) is 47.7 Å². The lowest BCUT2D eigenvalue weighted by Gasteiger charge is -2.30. The van der Waals surface area contributed by atoms with E-state index in [0.29, 0.717) is 31.0 Å². The van der Waals surface area contributed by atoms with E-state index >= 15 is 0 Å². The highest BCUT2D eigenvalue weighted by Gasteiger charge is 2.34. The molecule has 0 bridgehead atoms. The average molecular weight is 514 g/mol. The highest BCUT2D eigenvalue weighted by molar-refractivity contribution is 5.92. The standard InChI is InChI=1S/C29H31N5O4/c1-2-21(18-7-9-20(10-8-18)32-28-22-17-30-13-11-19(22)12-14-31-28)23(29(37)38)33-24-25(27(36)26(24)35)34-15-5-3-4-6-16-34/h7-14,17,21,23,33H,2-6,15-16H2,1H3,(H,31,32)(H,37,38). The van der Waals surface area contributed by atoms with Gasteiger partial charge in [-0.25, -0.2) is 9.78 Å². The maximum atomic E-state index is 12.5. The third-order valence-electron chi connectivity index (χ3n) is 7.38. The van der Waals surface area contributed by atoms with Gasteiger partial charge in [-0.15, -0.1) is 0 Å². The topological polar surface area (TPSA) is 125 Å². The van der Waals surface area contributed by atoms with Crippen molar-refractivity contribution in [3.05, 3.63) is 81.0 Å². The van der Waals surface area contributed by atoms with Crippen molar-refractivity contribution in [1.29, 1.82) is 0 Å². The first-order valence-corrected chi connectivity index (χ1v) is 13.1. The number of carbonyl (C=O) groups is 1. The lowest BCUT2D eigenvalue weighted by molar-refractivity contribution is -0.138. The Bertz CT molecular complexity index is 1500. The van der Waals surface area contributed by atoms with Crippen LogP contribution in [0.2, 0.25) is 0 Å². The van der Waals surface area contributed by atoms with E-state index in [1.807, 2.05) is 48.2 Å². The van der Waals surface area contributed by atoms with Crippen LogP contribution in [0, 0.1) is 0 Å². The molecule has 9 heteroatoms. The van der Waals surface area contributed by atoms with E-state index in [4.69, 9.17) is 0 Å². The summed E-state index contributed by atoms with van der Waals surface area (Å²) in [6.07, 6.45) is 9.82. The summed E-state index contributed by atoms with van der Waals surface area (Å²) in [5, 5.41) is 18.3. The largest absolute Gasteiger partial charge is 0.480 e. The van der Waals surface area contributed by atoms with E-state index in [9.17, 15) is 19.5 Å². The lowest BCUT2D eigenvalue weighted by Crippen LogP contribution is -2.46. The zero-order chi connectivity index (χ0) is 26.6. The minimum Gasteiger partial charge on any atom is -0.480 e. The Labute approximate surface area is 220 Å². The molecule has 38 heavy (non-hydrogen) atoms.